The van der Waals surface area contributed by atoms with Crippen molar-refractivity contribution in [2.45, 2.75) is 52.0 Å². The first kappa shape index (κ1) is 17.0. The number of carbonyl (C=O) groups is 1. The minimum atomic E-state index is -0.750. The summed E-state index contributed by atoms with van der Waals surface area (Å²) in [6, 6.07) is 9.38. The largest absolute Gasteiger partial charge is 0.480 e. The fourth-order valence-corrected chi connectivity index (χ4v) is 3.46. The third-order valence-electron chi connectivity index (χ3n) is 5.07. The van der Waals surface area contributed by atoms with Gasteiger partial charge < -0.3 is 10.4 Å². The van der Waals surface area contributed by atoms with Crippen LogP contribution in [0.25, 0.3) is 0 Å². The molecule has 1 atom stereocenters. The lowest BCUT2D eigenvalue weighted by atomic mass is 9.77. The maximum absolute atomic E-state index is 11.5. The van der Waals surface area contributed by atoms with Gasteiger partial charge in [-0.2, -0.15) is 0 Å². The highest BCUT2D eigenvalue weighted by Crippen LogP contribution is 2.32. The van der Waals surface area contributed by atoms with E-state index in [4.69, 9.17) is 0 Å². The molecule has 0 aromatic heterocycles. The topological polar surface area (TPSA) is 49.3 Å². The molecule has 1 aliphatic rings. The van der Waals surface area contributed by atoms with Gasteiger partial charge in [0.2, 0.25) is 0 Å². The second-order valence-corrected chi connectivity index (χ2v) is 7.01. The Hall–Kier alpha value is -1.35. The molecule has 0 amide bonds. The molecule has 3 nitrogen and oxygen atoms in total. The molecule has 1 unspecified atom stereocenters. The predicted molar refractivity (Wildman–Crippen MR) is 89.9 cm³/mol. The first-order valence-electron chi connectivity index (χ1n) is 8.56. The van der Waals surface area contributed by atoms with Crippen molar-refractivity contribution in [3.8, 4) is 0 Å². The van der Waals surface area contributed by atoms with Crippen molar-refractivity contribution in [2.75, 3.05) is 6.54 Å². The van der Waals surface area contributed by atoms with Crippen molar-refractivity contribution >= 4 is 5.97 Å². The minimum Gasteiger partial charge on any atom is -0.480 e. The molecule has 0 saturated heterocycles. The van der Waals surface area contributed by atoms with Gasteiger partial charge in [-0.15, -0.1) is 0 Å². The van der Waals surface area contributed by atoms with Crippen LogP contribution in [0.2, 0.25) is 0 Å². The van der Waals surface area contributed by atoms with E-state index < -0.39 is 12.0 Å². The van der Waals surface area contributed by atoms with Gasteiger partial charge in [-0.25, -0.2) is 0 Å². The predicted octanol–water partition coefficient (Wildman–Crippen LogP) is 3.73. The van der Waals surface area contributed by atoms with Crippen LogP contribution in [0.3, 0.4) is 0 Å². The van der Waals surface area contributed by atoms with Crippen LogP contribution in [0.5, 0.6) is 0 Å². The number of hydrogen-bond donors (Lipinski definition) is 2. The van der Waals surface area contributed by atoms with E-state index in [0.29, 0.717) is 12.3 Å². The zero-order valence-corrected chi connectivity index (χ0v) is 13.8. The highest BCUT2D eigenvalue weighted by Gasteiger charge is 2.25. The fourth-order valence-electron chi connectivity index (χ4n) is 3.46. The molecule has 1 aromatic rings. The Morgan fingerprint density at radius 3 is 2.36 bits per heavy atom. The third kappa shape index (κ3) is 5.13. The van der Waals surface area contributed by atoms with Crippen molar-refractivity contribution in [3.63, 3.8) is 0 Å². The van der Waals surface area contributed by atoms with Gasteiger partial charge in [0.1, 0.15) is 6.04 Å². The maximum atomic E-state index is 11.5. The van der Waals surface area contributed by atoms with E-state index in [2.05, 4.69) is 19.2 Å². The number of rotatable bonds is 7. The highest BCUT2D eigenvalue weighted by molar-refractivity contribution is 5.73. The first-order valence-corrected chi connectivity index (χ1v) is 8.56. The van der Waals surface area contributed by atoms with Crippen molar-refractivity contribution < 1.29 is 9.90 Å². The van der Waals surface area contributed by atoms with E-state index >= 15 is 0 Å². The van der Waals surface area contributed by atoms with E-state index in [1.54, 1.807) is 0 Å². The number of carboxylic acid groups (broad SMARTS) is 1. The van der Waals surface area contributed by atoms with E-state index in [1.165, 1.54) is 25.7 Å². The number of carboxylic acids is 1. The molecule has 1 saturated carbocycles. The average molecular weight is 303 g/mol. The van der Waals surface area contributed by atoms with Gasteiger partial charge in [-0.3, -0.25) is 4.79 Å². The minimum absolute atomic E-state index is 0.481. The smallest absolute Gasteiger partial charge is 0.321 e. The van der Waals surface area contributed by atoms with Crippen LogP contribution in [-0.2, 0) is 11.2 Å². The summed E-state index contributed by atoms with van der Waals surface area (Å²) >= 11 is 0. The summed E-state index contributed by atoms with van der Waals surface area (Å²) in [5, 5.41) is 12.7. The SMILES string of the molecule is CC(C)C1CCC(CNC(Cc2ccccc2)C(=O)O)CC1. The molecule has 1 aromatic carbocycles. The number of nitrogens with one attached hydrogen (secondary N) is 1. The molecule has 0 heterocycles. The summed E-state index contributed by atoms with van der Waals surface area (Å²) in [5.41, 5.74) is 1.07. The van der Waals surface area contributed by atoms with Crippen LogP contribution in [0.15, 0.2) is 30.3 Å². The summed E-state index contributed by atoms with van der Waals surface area (Å²) in [7, 11) is 0. The quantitative estimate of drug-likeness (QED) is 0.807. The molecule has 2 rings (SSSR count). The molecule has 0 radical (unpaired) electrons. The van der Waals surface area contributed by atoms with Crippen molar-refractivity contribution in [1.82, 2.24) is 5.32 Å². The van der Waals surface area contributed by atoms with Gasteiger partial charge in [0.15, 0.2) is 0 Å². The Morgan fingerprint density at radius 2 is 1.82 bits per heavy atom. The monoisotopic (exact) mass is 303 g/mol. The van der Waals surface area contributed by atoms with Crippen LogP contribution in [-0.4, -0.2) is 23.7 Å². The molecule has 2 N–H and O–H groups in total. The third-order valence-corrected chi connectivity index (χ3v) is 5.07. The summed E-state index contributed by atoms with van der Waals surface area (Å²) in [5.74, 6) is 1.52. The van der Waals surface area contributed by atoms with Gasteiger partial charge in [-0.05, 0) is 62.0 Å². The van der Waals surface area contributed by atoms with Crippen LogP contribution in [0.4, 0.5) is 0 Å². The Morgan fingerprint density at radius 1 is 1.18 bits per heavy atom. The van der Waals surface area contributed by atoms with Gasteiger partial charge in [0, 0.05) is 0 Å². The lowest BCUT2D eigenvalue weighted by Gasteiger charge is -2.31. The first-order chi connectivity index (χ1) is 10.6. The van der Waals surface area contributed by atoms with Gasteiger partial charge in [-0.1, -0.05) is 44.2 Å². The normalized spacial score (nSPS) is 23.4. The van der Waals surface area contributed by atoms with Crippen LogP contribution in [0, 0.1) is 17.8 Å². The zero-order valence-electron chi connectivity index (χ0n) is 13.8. The van der Waals surface area contributed by atoms with E-state index in [9.17, 15) is 9.90 Å². The second-order valence-electron chi connectivity index (χ2n) is 7.01. The Labute approximate surface area is 134 Å². The summed E-state index contributed by atoms with van der Waals surface area (Å²) in [6.07, 6.45) is 5.60. The summed E-state index contributed by atoms with van der Waals surface area (Å²) < 4.78 is 0. The molecular weight excluding hydrogens is 274 g/mol. The van der Waals surface area contributed by atoms with Crippen molar-refractivity contribution in [3.05, 3.63) is 35.9 Å². The fraction of sp³-hybridized carbons (Fsp3) is 0.632. The molecule has 22 heavy (non-hydrogen) atoms. The van der Waals surface area contributed by atoms with Crippen LogP contribution < -0.4 is 5.32 Å². The lowest BCUT2D eigenvalue weighted by Crippen LogP contribution is -2.41. The average Bonchev–Trinajstić information content (AvgIpc) is 2.52. The Bertz CT molecular complexity index is 450. The molecule has 3 heteroatoms. The molecule has 0 aliphatic heterocycles. The number of benzene rings is 1. The van der Waals surface area contributed by atoms with E-state index in [-0.39, 0.29) is 0 Å². The second kappa shape index (κ2) is 8.33. The lowest BCUT2D eigenvalue weighted by molar-refractivity contribution is -0.139. The summed E-state index contributed by atoms with van der Waals surface area (Å²) in [6.45, 7) is 5.45. The highest BCUT2D eigenvalue weighted by atomic mass is 16.4. The molecule has 0 spiro atoms. The zero-order chi connectivity index (χ0) is 15.9. The molecule has 1 aliphatic carbocycles. The number of hydrogen-bond acceptors (Lipinski definition) is 2. The van der Waals surface area contributed by atoms with Crippen molar-refractivity contribution in [1.29, 1.82) is 0 Å². The summed E-state index contributed by atoms with van der Waals surface area (Å²) in [4.78, 5) is 11.5. The molecular formula is C19H29NO2. The van der Waals surface area contributed by atoms with E-state index in [1.807, 2.05) is 30.3 Å². The Kier molecular flexibility index (Phi) is 6.44. The van der Waals surface area contributed by atoms with Crippen LogP contribution in [0.1, 0.15) is 45.1 Å². The Balaban J connectivity index is 1.79. The van der Waals surface area contributed by atoms with E-state index in [0.717, 1.165) is 23.9 Å². The van der Waals surface area contributed by atoms with Gasteiger partial charge in [0.05, 0.1) is 0 Å². The van der Waals surface area contributed by atoms with Crippen molar-refractivity contribution in [2.24, 2.45) is 17.8 Å². The maximum Gasteiger partial charge on any atom is 0.321 e. The molecule has 0 bridgehead atoms. The van der Waals surface area contributed by atoms with Gasteiger partial charge >= 0.3 is 5.97 Å². The van der Waals surface area contributed by atoms with Crippen LogP contribution >= 0.6 is 0 Å². The standard InChI is InChI=1S/C19H29NO2/c1-14(2)17-10-8-16(9-11-17)13-20-18(19(21)22)12-15-6-4-3-5-7-15/h3-7,14,16-18,20H,8-13H2,1-2H3,(H,21,22). The number of aliphatic carboxylic acids is 1. The molecule has 122 valence electrons. The molecule has 1 fully saturated rings. The van der Waals surface area contributed by atoms with Gasteiger partial charge in [0.25, 0.3) is 0 Å².